The van der Waals surface area contributed by atoms with E-state index in [2.05, 4.69) is 9.62 Å². The van der Waals surface area contributed by atoms with Crippen LogP contribution in [0.4, 0.5) is 5.69 Å². The number of sulfonamides is 1. The van der Waals surface area contributed by atoms with E-state index < -0.39 is 10.0 Å². The summed E-state index contributed by atoms with van der Waals surface area (Å²) >= 11 is 17.9. The first-order valence-corrected chi connectivity index (χ1v) is 11.0. The largest absolute Gasteiger partial charge is 0.395 e. The number of benzene rings is 2. The number of anilines is 1. The highest BCUT2D eigenvalue weighted by molar-refractivity contribution is 7.92. The summed E-state index contributed by atoms with van der Waals surface area (Å²) in [6.07, 6.45) is 1.93. The van der Waals surface area contributed by atoms with Crippen LogP contribution in [0.5, 0.6) is 0 Å². The molecule has 146 valence electrons. The lowest BCUT2D eigenvalue weighted by atomic mass is 10.1. The zero-order valence-corrected chi connectivity index (χ0v) is 17.4. The summed E-state index contributed by atoms with van der Waals surface area (Å²) in [7, 11) is -3.86. The van der Waals surface area contributed by atoms with Gasteiger partial charge in [0.25, 0.3) is 10.0 Å². The van der Waals surface area contributed by atoms with E-state index in [9.17, 15) is 13.5 Å². The molecule has 0 bridgehead atoms. The minimum atomic E-state index is -3.86. The molecule has 1 atom stereocenters. The van der Waals surface area contributed by atoms with Gasteiger partial charge in [0.2, 0.25) is 0 Å². The van der Waals surface area contributed by atoms with Gasteiger partial charge < -0.3 is 5.11 Å². The third-order valence-corrected chi connectivity index (χ3v) is 6.94. The lowest BCUT2D eigenvalue weighted by Gasteiger charge is -2.24. The molecule has 1 aliphatic heterocycles. The molecule has 0 spiro atoms. The van der Waals surface area contributed by atoms with Gasteiger partial charge in [0.1, 0.15) is 0 Å². The maximum absolute atomic E-state index is 12.8. The zero-order chi connectivity index (χ0) is 19.6. The fraction of sp³-hybridized carbons (Fsp3) is 0.333. The molecule has 2 aromatic carbocycles. The monoisotopic (exact) mass is 448 g/mol. The number of hydrogen-bond acceptors (Lipinski definition) is 4. The third-order valence-electron chi connectivity index (χ3n) is 4.60. The van der Waals surface area contributed by atoms with Crippen LogP contribution in [0.1, 0.15) is 18.4 Å². The Hall–Kier alpha value is -1.02. The predicted octanol–water partition coefficient (Wildman–Crippen LogP) is 4.40. The van der Waals surface area contributed by atoms with Crippen molar-refractivity contribution in [3.63, 3.8) is 0 Å². The first-order chi connectivity index (χ1) is 12.8. The molecule has 1 heterocycles. The lowest BCUT2D eigenvalue weighted by Crippen LogP contribution is -2.32. The van der Waals surface area contributed by atoms with Crippen molar-refractivity contribution in [3.8, 4) is 0 Å². The van der Waals surface area contributed by atoms with Crippen LogP contribution in [-0.2, 0) is 16.6 Å². The molecule has 0 aliphatic carbocycles. The van der Waals surface area contributed by atoms with E-state index in [1.54, 1.807) is 18.2 Å². The first kappa shape index (κ1) is 20.7. The van der Waals surface area contributed by atoms with Gasteiger partial charge in [0.15, 0.2) is 0 Å². The smallest absolute Gasteiger partial charge is 0.261 e. The Morgan fingerprint density at radius 1 is 1.11 bits per heavy atom. The van der Waals surface area contributed by atoms with Crippen molar-refractivity contribution < 1.29 is 13.5 Å². The number of nitrogens with one attached hydrogen (secondary N) is 1. The van der Waals surface area contributed by atoms with Crippen molar-refractivity contribution in [2.45, 2.75) is 30.3 Å². The highest BCUT2D eigenvalue weighted by Crippen LogP contribution is 2.30. The molecular weight excluding hydrogens is 431 g/mol. The molecule has 0 radical (unpaired) electrons. The van der Waals surface area contributed by atoms with E-state index in [4.69, 9.17) is 34.8 Å². The van der Waals surface area contributed by atoms with Gasteiger partial charge >= 0.3 is 0 Å². The standard InChI is InChI=1S/C18H19Cl3N2O3S/c19-13-4-3-12(10-23-7-1-2-14(23)11-24)18(8-13)22-27(25,26)15-5-6-16(20)17(21)9-15/h3-6,8-9,14,22,24H,1-2,7,10-11H2/t14-/m0/s1. The van der Waals surface area contributed by atoms with Gasteiger partial charge in [-0.3, -0.25) is 9.62 Å². The van der Waals surface area contributed by atoms with Crippen LogP contribution in [0.15, 0.2) is 41.3 Å². The Balaban J connectivity index is 1.89. The molecule has 0 amide bonds. The van der Waals surface area contributed by atoms with Gasteiger partial charge in [-0.2, -0.15) is 0 Å². The Kier molecular flexibility index (Phi) is 6.56. The summed E-state index contributed by atoms with van der Waals surface area (Å²) in [4.78, 5) is 2.15. The van der Waals surface area contributed by atoms with Gasteiger partial charge in [0, 0.05) is 17.6 Å². The van der Waals surface area contributed by atoms with Crippen molar-refractivity contribution in [1.29, 1.82) is 0 Å². The second-order valence-electron chi connectivity index (χ2n) is 6.43. The molecule has 9 heteroatoms. The van der Waals surface area contributed by atoms with Gasteiger partial charge in [0.05, 0.1) is 27.2 Å². The van der Waals surface area contributed by atoms with Gasteiger partial charge in [-0.1, -0.05) is 40.9 Å². The fourth-order valence-corrected chi connectivity index (χ4v) is 4.81. The van der Waals surface area contributed by atoms with Crippen molar-refractivity contribution in [2.75, 3.05) is 17.9 Å². The molecule has 1 saturated heterocycles. The van der Waals surface area contributed by atoms with Gasteiger partial charge in [-0.15, -0.1) is 0 Å². The molecule has 27 heavy (non-hydrogen) atoms. The number of nitrogens with zero attached hydrogens (tertiary/aromatic N) is 1. The highest BCUT2D eigenvalue weighted by Gasteiger charge is 2.25. The van der Waals surface area contributed by atoms with Crippen LogP contribution in [0, 0.1) is 0 Å². The molecule has 1 fully saturated rings. The summed E-state index contributed by atoms with van der Waals surface area (Å²) < 4.78 is 28.1. The normalized spacial score (nSPS) is 18.0. The maximum Gasteiger partial charge on any atom is 0.261 e. The number of aliphatic hydroxyl groups excluding tert-OH is 1. The van der Waals surface area contributed by atoms with Crippen molar-refractivity contribution in [1.82, 2.24) is 4.90 Å². The second kappa shape index (κ2) is 8.55. The number of halogens is 3. The fourth-order valence-electron chi connectivity index (χ4n) is 3.16. The maximum atomic E-state index is 12.8. The van der Waals surface area contributed by atoms with E-state index in [1.807, 2.05) is 0 Å². The number of rotatable bonds is 6. The van der Waals surface area contributed by atoms with Crippen LogP contribution < -0.4 is 4.72 Å². The molecule has 2 aromatic rings. The Morgan fingerprint density at radius 2 is 1.89 bits per heavy atom. The molecule has 5 nitrogen and oxygen atoms in total. The Morgan fingerprint density at radius 3 is 2.59 bits per heavy atom. The summed E-state index contributed by atoms with van der Waals surface area (Å²) in [6.45, 7) is 1.45. The van der Waals surface area contributed by atoms with Gasteiger partial charge in [-0.25, -0.2) is 8.42 Å². The van der Waals surface area contributed by atoms with E-state index in [1.165, 1.54) is 18.2 Å². The van der Waals surface area contributed by atoms with Crippen molar-refractivity contribution in [3.05, 3.63) is 57.0 Å². The molecule has 3 rings (SSSR count). The average molecular weight is 450 g/mol. The molecule has 0 unspecified atom stereocenters. The quantitative estimate of drug-likeness (QED) is 0.685. The summed E-state index contributed by atoms with van der Waals surface area (Å²) in [5.74, 6) is 0. The average Bonchev–Trinajstić information content (AvgIpc) is 3.06. The Labute approximate surface area is 173 Å². The zero-order valence-electron chi connectivity index (χ0n) is 14.3. The van der Waals surface area contributed by atoms with Crippen LogP contribution in [0.3, 0.4) is 0 Å². The predicted molar refractivity (Wildman–Crippen MR) is 109 cm³/mol. The van der Waals surface area contributed by atoms with Crippen LogP contribution >= 0.6 is 34.8 Å². The lowest BCUT2D eigenvalue weighted by molar-refractivity contribution is 0.154. The third kappa shape index (κ3) is 4.88. The number of likely N-dealkylation sites (tertiary alicyclic amines) is 1. The van der Waals surface area contributed by atoms with E-state index in [0.717, 1.165) is 24.9 Å². The SMILES string of the molecule is O=S(=O)(Nc1cc(Cl)ccc1CN1CCC[C@H]1CO)c1ccc(Cl)c(Cl)c1. The first-order valence-electron chi connectivity index (χ1n) is 8.41. The Bertz CT molecular complexity index is 937. The topological polar surface area (TPSA) is 69.6 Å². The minimum absolute atomic E-state index is 0.0113. The summed E-state index contributed by atoms with van der Waals surface area (Å²) in [6, 6.07) is 9.31. The van der Waals surface area contributed by atoms with E-state index >= 15 is 0 Å². The number of hydrogen-bond donors (Lipinski definition) is 2. The second-order valence-corrected chi connectivity index (χ2v) is 9.37. The molecule has 0 saturated carbocycles. The van der Waals surface area contributed by atoms with Crippen LogP contribution in [-0.4, -0.2) is 37.6 Å². The summed E-state index contributed by atoms with van der Waals surface area (Å²) in [5, 5.41) is 10.4. The van der Waals surface area contributed by atoms with Crippen molar-refractivity contribution in [2.24, 2.45) is 0 Å². The van der Waals surface area contributed by atoms with Crippen LogP contribution in [0.2, 0.25) is 15.1 Å². The van der Waals surface area contributed by atoms with E-state index in [-0.39, 0.29) is 27.6 Å². The van der Waals surface area contributed by atoms with Crippen molar-refractivity contribution >= 4 is 50.5 Å². The van der Waals surface area contributed by atoms with E-state index in [0.29, 0.717) is 17.3 Å². The highest BCUT2D eigenvalue weighted by atomic mass is 35.5. The minimum Gasteiger partial charge on any atom is -0.395 e. The van der Waals surface area contributed by atoms with Gasteiger partial charge in [-0.05, 0) is 55.3 Å². The number of aliphatic hydroxyl groups is 1. The summed E-state index contributed by atoms with van der Waals surface area (Å²) in [5.41, 5.74) is 1.18. The molecule has 1 aliphatic rings. The molecule has 0 aromatic heterocycles. The van der Waals surface area contributed by atoms with Crippen LogP contribution in [0.25, 0.3) is 0 Å². The molecule has 2 N–H and O–H groups in total. The molecular formula is C18H19Cl3N2O3S.